The van der Waals surface area contributed by atoms with E-state index in [-0.39, 0.29) is 6.04 Å². The number of anilines is 1. The molecule has 4 heteroatoms. The molecule has 2 rings (SSSR count). The summed E-state index contributed by atoms with van der Waals surface area (Å²) in [6.45, 7) is 10.0. The number of rotatable bonds is 3. The largest absolute Gasteiger partial charge is 0.361 e. The zero-order valence-corrected chi connectivity index (χ0v) is 13.2. The van der Waals surface area contributed by atoms with E-state index in [2.05, 4.69) is 54.5 Å². The highest BCUT2D eigenvalue weighted by Crippen LogP contribution is 2.25. The maximum atomic E-state index is 9.35. The zero-order valence-electron chi connectivity index (χ0n) is 13.2. The lowest BCUT2D eigenvalue weighted by molar-refractivity contribution is 0.840. The maximum absolute atomic E-state index is 9.35. The van der Waals surface area contributed by atoms with Crippen molar-refractivity contribution in [3.63, 3.8) is 0 Å². The number of aromatic nitrogens is 2. The molecule has 0 amide bonds. The highest BCUT2D eigenvalue weighted by molar-refractivity contribution is 5.57. The topological polar surface area (TPSA) is 61.6 Å². The van der Waals surface area contributed by atoms with Crippen molar-refractivity contribution in [1.29, 1.82) is 5.26 Å². The number of nitriles is 1. The maximum Gasteiger partial charge on any atom is 0.167 e. The van der Waals surface area contributed by atoms with E-state index in [1.165, 1.54) is 16.7 Å². The monoisotopic (exact) mass is 280 g/mol. The first-order valence-corrected chi connectivity index (χ1v) is 7.02. The zero-order chi connectivity index (χ0) is 15.6. The van der Waals surface area contributed by atoms with Crippen molar-refractivity contribution in [1.82, 2.24) is 10.2 Å². The summed E-state index contributed by atoms with van der Waals surface area (Å²) in [6.07, 6.45) is 0. The number of benzene rings is 1. The van der Waals surface area contributed by atoms with Crippen molar-refractivity contribution >= 4 is 5.82 Å². The second kappa shape index (κ2) is 5.92. The Labute approximate surface area is 125 Å². The number of nitrogens with zero attached hydrogens (tertiary/aromatic N) is 3. The molecule has 1 atom stereocenters. The number of nitrogens with one attached hydrogen (secondary N) is 1. The Morgan fingerprint density at radius 1 is 1.10 bits per heavy atom. The molecule has 0 aliphatic rings. The minimum Gasteiger partial charge on any atom is -0.361 e. The van der Waals surface area contributed by atoms with Crippen molar-refractivity contribution in [3.05, 3.63) is 51.7 Å². The summed E-state index contributed by atoms with van der Waals surface area (Å²) in [4.78, 5) is 0. The van der Waals surface area contributed by atoms with Crippen LogP contribution in [0.4, 0.5) is 5.82 Å². The molecule has 4 nitrogen and oxygen atoms in total. The Bertz CT molecular complexity index is 713. The molecule has 0 radical (unpaired) electrons. The van der Waals surface area contributed by atoms with Gasteiger partial charge >= 0.3 is 0 Å². The second-order valence-corrected chi connectivity index (χ2v) is 5.40. The Balaban J connectivity index is 2.37. The molecule has 2 aromatic rings. The van der Waals surface area contributed by atoms with Crippen LogP contribution in [0.25, 0.3) is 0 Å². The SMILES string of the molecule is Cc1cccc(C(C)Nc2nnc(C)c(C)c2C#N)c1C. The summed E-state index contributed by atoms with van der Waals surface area (Å²) in [5.41, 5.74) is 5.96. The lowest BCUT2D eigenvalue weighted by Crippen LogP contribution is -2.13. The summed E-state index contributed by atoms with van der Waals surface area (Å²) in [5, 5.41) is 20.9. The van der Waals surface area contributed by atoms with Crippen LogP contribution in [0.2, 0.25) is 0 Å². The fraction of sp³-hybridized carbons (Fsp3) is 0.353. The molecule has 1 heterocycles. The van der Waals surface area contributed by atoms with Gasteiger partial charge in [-0.1, -0.05) is 18.2 Å². The van der Waals surface area contributed by atoms with E-state index >= 15 is 0 Å². The molecule has 21 heavy (non-hydrogen) atoms. The second-order valence-electron chi connectivity index (χ2n) is 5.40. The highest BCUT2D eigenvalue weighted by Gasteiger charge is 2.15. The van der Waals surface area contributed by atoms with Gasteiger partial charge in [-0.25, -0.2) is 0 Å². The summed E-state index contributed by atoms with van der Waals surface area (Å²) < 4.78 is 0. The van der Waals surface area contributed by atoms with Crippen LogP contribution in [0, 0.1) is 39.0 Å². The van der Waals surface area contributed by atoms with Crippen LogP contribution in [0.1, 0.15) is 46.5 Å². The fourth-order valence-electron chi connectivity index (χ4n) is 2.37. The molecule has 0 saturated heterocycles. The van der Waals surface area contributed by atoms with E-state index in [1.54, 1.807) is 0 Å². The van der Waals surface area contributed by atoms with Gasteiger partial charge in [0.25, 0.3) is 0 Å². The van der Waals surface area contributed by atoms with Crippen LogP contribution in [0.5, 0.6) is 0 Å². The smallest absolute Gasteiger partial charge is 0.167 e. The summed E-state index contributed by atoms with van der Waals surface area (Å²) in [6, 6.07) is 8.53. The molecule has 0 fully saturated rings. The summed E-state index contributed by atoms with van der Waals surface area (Å²) >= 11 is 0. The fourth-order valence-corrected chi connectivity index (χ4v) is 2.37. The molecule has 108 valence electrons. The Morgan fingerprint density at radius 3 is 2.48 bits per heavy atom. The third-order valence-corrected chi connectivity index (χ3v) is 4.03. The van der Waals surface area contributed by atoms with Crippen LogP contribution < -0.4 is 5.32 Å². The average Bonchev–Trinajstić information content (AvgIpc) is 2.46. The van der Waals surface area contributed by atoms with Crippen LogP contribution in [-0.4, -0.2) is 10.2 Å². The van der Waals surface area contributed by atoms with Gasteiger partial charge in [-0.2, -0.15) is 10.4 Å². The van der Waals surface area contributed by atoms with E-state index in [9.17, 15) is 5.26 Å². The summed E-state index contributed by atoms with van der Waals surface area (Å²) in [7, 11) is 0. The first-order valence-electron chi connectivity index (χ1n) is 7.02. The predicted molar refractivity (Wildman–Crippen MR) is 84.2 cm³/mol. The lowest BCUT2D eigenvalue weighted by atomic mass is 9.98. The van der Waals surface area contributed by atoms with Gasteiger partial charge in [0.1, 0.15) is 11.6 Å². The first kappa shape index (κ1) is 15.0. The highest BCUT2D eigenvalue weighted by atomic mass is 15.2. The van der Waals surface area contributed by atoms with Gasteiger partial charge < -0.3 is 5.32 Å². The van der Waals surface area contributed by atoms with Crippen molar-refractivity contribution in [3.8, 4) is 6.07 Å². The molecule has 1 aromatic heterocycles. The van der Waals surface area contributed by atoms with Gasteiger partial charge in [0.15, 0.2) is 5.82 Å². The van der Waals surface area contributed by atoms with Gasteiger partial charge in [0, 0.05) is 0 Å². The first-order chi connectivity index (χ1) is 9.95. The van der Waals surface area contributed by atoms with E-state index in [1.807, 2.05) is 19.9 Å². The van der Waals surface area contributed by atoms with E-state index in [0.29, 0.717) is 11.4 Å². The van der Waals surface area contributed by atoms with Crippen molar-refractivity contribution in [2.45, 2.75) is 40.7 Å². The molecule has 1 aromatic carbocycles. The van der Waals surface area contributed by atoms with E-state index in [4.69, 9.17) is 0 Å². The molecule has 1 N–H and O–H groups in total. The quantitative estimate of drug-likeness (QED) is 0.930. The average molecular weight is 280 g/mol. The standard InChI is InChI=1S/C17H20N4/c1-10-7-6-8-15(11(10)2)14(5)19-17-16(9-18)12(3)13(4)20-21-17/h6-8,14H,1-5H3,(H,19,21). The molecule has 0 saturated carbocycles. The molecule has 0 aliphatic carbocycles. The number of hydrogen-bond acceptors (Lipinski definition) is 4. The lowest BCUT2D eigenvalue weighted by Gasteiger charge is -2.19. The predicted octanol–water partition coefficient (Wildman–Crippen LogP) is 3.76. The molecule has 0 spiro atoms. The molecule has 0 aliphatic heterocycles. The summed E-state index contributed by atoms with van der Waals surface area (Å²) in [5.74, 6) is 0.550. The molecule has 1 unspecified atom stereocenters. The van der Waals surface area contributed by atoms with Crippen molar-refractivity contribution in [2.24, 2.45) is 0 Å². The van der Waals surface area contributed by atoms with Crippen molar-refractivity contribution < 1.29 is 0 Å². The van der Waals surface area contributed by atoms with E-state index in [0.717, 1.165) is 11.3 Å². The third kappa shape index (κ3) is 2.87. The number of hydrogen-bond donors (Lipinski definition) is 1. The van der Waals surface area contributed by atoms with Crippen LogP contribution in [-0.2, 0) is 0 Å². The van der Waals surface area contributed by atoms with Gasteiger partial charge in [0.2, 0.25) is 0 Å². The minimum absolute atomic E-state index is 0.0633. The van der Waals surface area contributed by atoms with Gasteiger partial charge in [0.05, 0.1) is 11.7 Å². The van der Waals surface area contributed by atoms with Gasteiger partial charge in [-0.05, 0) is 56.9 Å². The van der Waals surface area contributed by atoms with Gasteiger partial charge in [-0.3, -0.25) is 0 Å². The third-order valence-electron chi connectivity index (χ3n) is 4.03. The van der Waals surface area contributed by atoms with E-state index < -0.39 is 0 Å². The Kier molecular flexibility index (Phi) is 4.23. The van der Waals surface area contributed by atoms with Crippen LogP contribution >= 0.6 is 0 Å². The Morgan fingerprint density at radius 2 is 1.81 bits per heavy atom. The Hall–Kier alpha value is -2.41. The van der Waals surface area contributed by atoms with Crippen molar-refractivity contribution in [2.75, 3.05) is 5.32 Å². The normalized spacial score (nSPS) is 11.8. The van der Waals surface area contributed by atoms with Crippen LogP contribution in [0.3, 0.4) is 0 Å². The molecular weight excluding hydrogens is 260 g/mol. The van der Waals surface area contributed by atoms with Crippen LogP contribution in [0.15, 0.2) is 18.2 Å². The number of aryl methyl sites for hydroxylation is 2. The molecular formula is C17H20N4. The van der Waals surface area contributed by atoms with Gasteiger partial charge in [-0.15, -0.1) is 5.10 Å². The molecule has 0 bridgehead atoms. The minimum atomic E-state index is 0.0633.